The van der Waals surface area contributed by atoms with Crippen molar-refractivity contribution in [3.63, 3.8) is 0 Å². The van der Waals surface area contributed by atoms with E-state index in [2.05, 4.69) is 0 Å². The Morgan fingerprint density at radius 1 is 0.688 bits per heavy atom. The summed E-state index contributed by atoms with van der Waals surface area (Å²) in [6.45, 7) is 4.61. The van der Waals surface area contributed by atoms with E-state index in [0.717, 1.165) is 0 Å². The van der Waals surface area contributed by atoms with Crippen molar-refractivity contribution in [1.82, 2.24) is 0 Å². The zero-order valence-electron chi connectivity index (χ0n) is 9.57. The van der Waals surface area contributed by atoms with Crippen LogP contribution in [0.5, 0.6) is 0 Å². The Morgan fingerprint density at radius 3 is 0.750 bits per heavy atom. The van der Waals surface area contributed by atoms with Crippen molar-refractivity contribution in [3.05, 3.63) is 0 Å². The van der Waals surface area contributed by atoms with Gasteiger partial charge in [0.1, 0.15) is 0 Å². The predicted molar refractivity (Wildman–Crippen MR) is 51.6 cm³/mol. The smallest absolute Gasteiger partial charge is 0.550 e. The topological polar surface area (TPSA) is 120 Å². The Hall–Kier alpha value is -1.37. The Balaban J connectivity index is -0.0000000655. The van der Waals surface area contributed by atoms with Crippen LogP contribution in [0.3, 0.4) is 0 Å². The van der Waals surface area contributed by atoms with Crippen LogP contribution in [0.1, 0.15) is 40.0 Å². The summed E-state index contributed by atoms with van der Waals surface area (Å²) < 4.78 is 0. The summed E-state index contributed by atoms with van der Waals surface area (Å²) in [5.41, 5.74) is 0. The van der Waals surface area contributed by atoms with E-state index in [4.69, 9.17) is 0 Å². The van der Waals surface area contributed by atoms with Gasteiger partial charge in [-0.05, 0) is 19.3 Å². The van der Waals surface area contributed by atoms with Crippen LogP contribution in [0.4, 0.5) is 0 Å². The van der Waals surface area contributed by atoms with E-state index in [-0.39, 0.29) is 30.2 Å². The summed E-state index contributed by atoms with van der Waals surface area (Å²) >= 11 is 0. The zero-order valence-corrected chi connectivity index (χ0v) is 10.6. The third-order valence-corrected chi connectivity index (χ3v) is 0.866. The van der Waals surface area contributed by atoms with Crippen LogP contribution in [-0.2, 0) is 14.4 Å². The van der Waals surface area contributed by atoms with Crippen LogP contribution < -0.4 is 15.3 Å². The molecule has 0 atom stereocenters. The molecule has 0 aromatic carbocycles. The molecule has 0 aliphatic heterocycles. The van der Waals surface area contributed by atoms with Gasteiger partial charge in [0.15, 0.2) is 0 Å². The Bertz CT molecular complexity index is 159. The first-order valence-electron chi connectivity index (χ1n) is 4.41. The van der Waals surface area contributed by atoms with Crippen molar-refractivity contribution in [2.24, 2.45) is 0 Å². The molecule has 0 rings (SSSR count). The number of carboxylic acids is 3. The fourth-order valence-electron chi connectivity index (χ4n) is 0. The van der Waals surface area contributed by atoms with E-state index in [1.54, 1.807) is 0 Å². The van der Waals surface area contributed by atoms with Gasteiger partial charge < -0.3 is 29.7 Å². The van der Waals surface area contributed by atoms with Gasteiger partial charge in [0.25, 0.3) is 0 Å². The summed E-state index contributed by atoms with van der Waals surface area (Å²) in [4.78, 5) is 27.8. The summed E-state index contributed by atoms with van der Waals surface area (Å²) in [7, 11) is 0. The first kappa shape index (κ1) is 24.1. The van der Waals surface area contributed by atoms with Gasteiger partial charge in [-0.25, -0.2) is 0 Å². The molecular formula is C9H15O6Si. The van der Waals surface area contributed by atoms with Crippen LogP contribution in [-0.4, -0.2) is 28.9 Å². The molecular weight excluding hydrogens is 232 g/mol. The maximum absolute atomic E-state index is 9.26. The molecule has 16 heavy (non-hydrogen) atoms. The molecule has 91 valence electrons. The van der Waals surface area contributed by atoms with Crippen LogP contribution in [0.15, 0.2) is 0 Å². The SMILES string of the molecule is CCC(=O)[O-].CCC(=O)[O-].CCC(=O)[O-].[Si+3]. The molecule has 0 aliphatic rings. The van der Waals surface area contributed by atoms with Crippen LogP contribution in [0.25, 0.3) is 0 Å². The summed E-state index contributed by atoms with van der Waals surface area (Å²) in [5, 5.41) is 27.8. The van der Waals surface area contributed by atoms with Gasteiger partial charge in [0.05, 0.1) is 0 Å². The number of carboxylic acid groups (broad SMARTS) is 3. The Labute approximate surface area is 99.3 Å². The molecule has 0 amide bonds. The Kier molecular flexibility index (Phi) is 28.9. The number of hydrogen-bond acceptors (Lipinski definition) is 6. The van der Waals surface area contributed by atoms with E-state index in [0.29, 0.717) is 0 Å². The molecule has 0 saturated carbocycles. The van der Waals surface area contributed by atoms with E-state index >= 15 is 0 Å². The third-order valence-electron chi connectivity index (χ3n) is 0.866. The largest absolute Gasteiger partial charge is 3.00 e. The molecule has 0 aromatic heterocycles. The van der Waals surface area contributed by atoms with Crippen molar-refractivity contribution >= 4 is 28.9 Å². The molecule has 0 heterocycles. The van der Waals surface area contributed by atoms with Crippen molar-refractivity contribution in [1.29, 1.82) is 0 Å². The van der Waals surface area contributed by atoms with E-state index in [1.165, 1.54) is 20.8 Å². The summed E-state index contributed by atoms with van der Waals surface area (Å²) in [6.07, 6.45) is 0.333. The van der Waals surface area contributed by atoms with Gasteiger partial charge in [-0.3, -0.25) is 0 Å². The molecule has 0 fully saturated rings. The van der Waals surface area contributed by atoms with Crippen LogP contribution in [0.2, 0.25) is 0 Å². The van der Waals surface area contributed by atoms with E-state index in [9.17, 15) is 29.7 Å². The Morgan fingerprint density at radius 2 is 0.750 bits per heavy atom. The fourth-order valence-corrected chi connectivity index (χ4v) is 0. The molecule has 0 bridgehead atoms. The molecule has 6 nitrogen and oxygen atoms in total. The van der Waals surface area contributed by atoms with Crippen molar-refractivity contribution in [3.8, 4) is 0 Å². The first-order valence-corrected chi connectivity index (χ1v) is 4.41. The third kappa shape index (κ3) is 79.7. The van der Waals surface area contributed by atoms with Gasteiger partial charge in [-0.15, -0.1) is 0 Å². The quantitative estimate of drug-likeness (QED) is 0.492. The maximum Gasteiger partial charge on any atom is 3.00 e. The van der Waals surface area contributed by atoms with Crippen molar-refractivity contribution in [2.45, 2.75) is 40.0 Å². The van der Waals surface area contributed by atoms with Crippen LogP contribution in [0, 0.1) is 0 Å². The van der Waals surface area contributed by atoms with Gasteiger partial charge in [0.2, 0.25) is 0 Å². The number of carbonyl (C=O) groups excluding carboxylic acids is 3. The monoisotopic (exact) mass is 247 g/mol. The predicted octanol–water partition coefficient (Wildman–Crippen LogP) is -2.94. The van der Waals surface area contributed by atoms with E-state index in [1.807, 2.05) is 0 Å². The first-order chi connectivity index (χ1) is 6.81. The average Bonchev–Trinajstić information content (AvgIpc) is 2.19. The number of carbonyl (C=O) groups is 3. The second-order valence-corrected chi connectivity index (χ2v) is 2.18. The summed E-state index contributed by atoms with van der Waals surface area (Å²) in [6, 6.07) is 0. The molecule has 7 heteroatoms. The minimum atomic E-state index is -0.995. The molecule has 0 saturated heterocycles. The number of aliphatic carboxylic acids is 3. The van der Waals surface area contributed by atoms with Crippen LogP contribution >= 0.6 is 0 Å². The number of rotatable bonds is 3. The van der Waals surface area contributed by atoms with Gasteiger partial charge in [-0.1, -0.05) is 20.8 Å². The molecule has 0 N–H and O–H groups in total. The average molecular weight is 247 g/mol. The molecule has 0 spiro atoms. The van der Waals surface area contributed by atoms with Gasteiger partial charge >= 0.3 is 11.0 Å². The fraction of sp³-hybridized carbons (Fsp3) is 0.667. The minimum absolute atomic E-state index is 0. The van der Waals surface area contributed by atoms with Crippen molar-refractivity contribution in [2.75, 3.05) is 0 Å². The van der Waals surface area contributed by atoms with Crippen molar-refractivity contribution < 1.29 is 29.7 Å². The molecule has 1 radical (unpaired) electrons. The molecule has 0 unspecified atom stereocenters. The molecule has 0 aliphatic carbocycles. The maximum atomic E-state index is 9.26. The normalized spacial score (nSPS) is 6.94. The molecule has 0 aromatic rings. The minimum Gasteiger partial charge on any atom is -0.550 e. The second kappa shape index (κ2) is 19.2. The number of hydrogen-bond donors (Lipinski definition) is 0. The second-order valence-electron chi connectivity index (χ2n) is 2.18. The summed E-state index contributed by atoms with van der Waals surface area (Å²) in [5.74, 6) is -2.99. The van der Waals surface area contributed by atoms with Gasteiger partial charge in [0, 0.05) is 17.9 Å². The van der Waals surface area contributed by atoms with E-state index < -0.39 is 17.9 Å². The zero-order chi connectivity index (χ0) is 12.9. The standard InChI is InChI=1S/3C3H6O2.Si/c3*1-2-3(4)5;/h3*2H2,1H3,(H,4,5);/q;;;+3/p-3. The van der Waals surface area contributed by atoms with Gasteiger partial charge in [-0.2, -0.15) is 0 Å².